The fourth-order valence-corrected chi connectivity index (χ4v) is 3.55. The van der Waals surface area contributed by atoms with Gasteiger partial charge in [-0.1, -0.05) is 17.7 Å². The molecule has 7 nitrogen and oxygen atoms in total. The zero-order chi connectivity index (χ0) is 25.2. The van der Waals surface area contributed by atoms with E-state index in [1.807, 2.05) is 0 Å². The number of hydrogen-bond donors (Lipinski definition) is 1. The summed E-state index contributed by atoms with van der Waals surface area (Å²) in [6.45, 7) is 3.83. The summed E-state index contributed by atoms with van der Waals surface area (Å²) in [5.41, 5.74) is 0.648. The van der Waals surface area contributed by atoms with Crippen LogP contribution in [0.5, 0.6) is 0 Å². The van der Waals surface area contributed by atoms with Gasteiger partial charge in [-0.3, -0.25) is 19.2 Å². The summed E-state index contributed by atoms with van der Waals surface area (Å²) >= 11 is 0. The maximum Gasteiger partial charge on any atom is 0.285 e. The summed E-state index contributed by atoms with van der Waals surface area (Å²) < 4.78 is 41.7. The molecule has 0 bridgehead atoms. The van der Waals surface area contributed by atoms with Crippen molar-refractivity contribution in [2.24, 2.45) is 0 Å². The first-order chi connectivity index (χ1) is 16.0. The van der Waals surface area contributed by atoms with Gasteiger partial charge in [-0.25, -0.2) is 13.2 Å². The molecular weight excluding hydrogens is 453 g/mol. The van der Waals surface area contributed by atoms with Crippen LogP contribution in [0.3, 0.4) is 0 Å². The van der Waals surface area contributed by atoms with Crippen molar-refractivity contribution in [2.75, 3.05) is 13.2 Å². The van der Waals surface area contributed by atoms with E-state index >= 15 is 0 Å². The summed E-state index contributed by atoms with van der Waals surface area (Å²) in [4.78, 5) is 44.7. The van der Waals surface area contributed by atoms with Gasteiger partial charge < -0.3 is 10.0 Å². The molecule has 0 saturated heterocycles. The van der Waals surface area contributed by atoms with Crippen molar-refractivity contribution >= 4 is 17.7 Å². The minimum Gasteiger partial charge on any atom is -0.392 e. The second-order valence-corrected chi connectivity index (χ2v) is 8.12. The van der Waals surface area contributed by atoms with E-state index in [-0.39, 0.29) is 23.2 Å². The topological polar surface area (TPSA) is 87.2 Å². The van der Waals surface area contributed by atoms with Gasteiger partial charge in [0.15, 0.2) is 17.5 Å². The lowest BCUT2D eigenvalue weighted by molar-refractivity contribution is -0.139. The number of hydroxylamine groups is 2. The van der Waals surface area contributed by atoms with Crippen molar-refractivity contribution in [3.05, 3.63) is 82.2 Å². The molecule has 2 aromatic rings. The Labute approximate surface area is 194 Å². The molecule has 2 atom stereocenters. The summed E-state index contributed by atoms with van der Waals surface area (Å²) in [5.74, 6) is -6.79. The van der Waals surface area contributed by atoms with Crippen LogP contribution in [-0.2, 0) is 9.63 Å². The first-order valence-electron chi connectivity index (χ1n) is 10.4. The fraction of sp³-hybridized carbons (Fsp3) is 0.292. The number of hydrogen-bond acceptors (Lipinski definition) is 5. The van der Waals surface area contributed by atoms with Gasteiger partial charge in [0.25, 0.3) is 11.8 Å². The Hall–Kier alpha value is -3.50. The van der Waals surface area contributed by atoms with Gasteiger partial charge in [0.05, 0.1) is 23.3 Å². The first kappa shape index (κ1) is 25.1. The lowest BCUT2D eigenvalue weighted by Gasteiger charge is -2.33. The average Bonchev–Trinajstić information content (AvgIpc) is 3.00. The highest BCUT2D eigenvalue weighted by Gasteiger charge is 2.38. The van der Waals surface area contributed by atoms with Crippen molar-refractivity contribution in [3.63, 3.8) is 0 Å². The lowest BCUT2D eigenvalue weighted by atomic mass is 10.0. The molecule has 1 aliphatic heterocycles. The second kappa shape index (κ2) is 10.2. The van der Waals surface area contributed by atoms with Crippen molar-refractivity contribution in [2.45, 2.75) is 32.9 Å². The van der Waals surface area contributed by atoms with E-state index in [2.05, 4.69) is 0 Å². The molecule has 0 radical (unpaired) electrons. The Kier molecular flexibility index (Phi) is 7.53. The average molecular weight is 476 g/mol. The molecule has 34 heavy (non-hydrogen) atoms. The predicted molar refractivity (Wildman–Crippen MR) is 115 cm³/mol. The maximum atomic E-state index is 14.0. The van der Waals surface area contributed by atoms with Crippen LogP contribution in [-0.4, -0.2) is 52.0 Å². The molecule has 1 heterocycles. The molecule has 10 heteroatoms. The Morgan fingerprint density at radius 2 is 1.62 bits per heavy atom. The van der Waals surface area contributed by atoms with Crippen LogP contribution in [0.4, 0.5) is 13.2 Å². The van der Waals surface area contributed by atoms with Crippen LogP contribution in [0.2, 0.25) is 0 Å². The SMILES string of the molecule is CC(C)=CC(=O)N(CC(C)O)C(CON1C(=O)c2ccccc2C1=O)c1cc(F)c(F)c(F)c1. The predicted octanol–water partition coefficient (Wildman–Crippen LogP) is 3.55. The van der Waals surface area contributed by atoms with Crippen LogP contribution in [0, 0.1) is 17.5 Å². The Morgan fingerprint density at radius 1 is 1.09 bits per heavy atom. The number of benzene rings is 2. The van der Waals surface area contributed by atoms with E-state index in [1.54, 1.807) is 26.0 Å². The summed E-state index contributed by atoms with van der Waals surface area (Å²) in [7, 11) is 0. The van der Waals surface area contributed by atoms with E-state index in [0.717, 1.165) is 4.90 Å². The smallest absolute Gasteiger partial charge is 0.285 e. The van der Waals surface area contributed by atoms with Crippen molar-refractivity contribution in [1.82, 2.24) is 9.96 Å². The number of aliphatic hydroxyl groups excluding tert-OH is 1. The minimum atomic E-state index is -1.69. The fourth-order valence-electron chi connectivity index (χ4n) is 3.55. The number of aliphatic hydroxyl groups is 1. The van der Waals surface area contributed by atoms with Gasteiger partial charge in [-0.2, -0.15) is 0 Å². The molecular formula is C24H23F3N2O5. The van der Waals surface area contributed by atoms with Gasteiger partial charge >= 0.3 is 0 Å². The van der Waals surface area contributed by atoms with Gasteiger partial charge in [0, 0.05) is 12.6 Å². The van der Waals surface area contributed by atoms with Gasteiger partial charge in [0.1, 0.15) is 6.61 Å². The molecule has 0 fully saturated rings. The molecule has 180 valence electrons. The van der Waals surface area contributed by atoms with Crippen LogP contribution in [0.1, 0.15) is 53.1 Å². The number of carbonyl (C=O) groups is 3. The number of amides is 3. The molecule has 1 N–H and O–H groups in total. The third kappa shape index (κ3) is 5.18. The zero-order valence-electron chi connectivity index (χ0n) is 18.7. The molecule has 0 spiro atoms. The van der Waals surface area contributed by atoms with E-state index in [9.17, 15) is 32.7 Å². The van der Waals surface area contributed by atoms with Crippen molar-refractivity contribution in [1.29, 1.82) is 0 Å². The third-order valence-electron chi connectivity index (χ3n) is 5.04. The summed E-state index contributed by atoms with van der Waals surface area (Å²) in [6, 6.07) is 6.13. The first-order valence-corrected chi connectivity index (χ1v) is 10.4. The Morgan fingerprint density at radius 3 is 2.09 bits per heavy atom. The highest BCUT2D eigenvalue weighted by atomic mass is 19.2. The third-order valence-corrected chi connectivity index (χ3v) is 5.04. The number of carbonyl (C=O) groups excluding carboxylic acids is 3. The van der Waals surface area contributed by atoms with Crippen LogP contribution >= 0.6 is 0 Å². The van der Waals surface area contributed by atoms with Crippen LogP contribution in [0.15, 0.2) is 48.0 Å². The van der Waals surface area contributed by atoms with Gasteiger partial charge in [0.2, 0.25) is 5.91 Å². The number of nitrogens with zero attached hydrogens (tertiary/aromatic N) is 2. The number of allylic oxidation sites excluding steroid dienone is 1. The molecule has 0 saturated carbocycles. The number of imide groups is 1. The molecule has 3 rings (SSSR count). The number of halogens is 3. The van der Waals surface area contributed by atoms with Gasteiger partial charge in [-0.15, -0.1) is 5.06 Å². The molecule has 0 aromatic heterocycles. The van der Waals surface area contributed by atoms with Crippen LogP contribution in [0.25, 0.3) is 0 Å². The highest BCUT2D eigenvalue weighted by Crippen LogP contribution is 2.28. The van der Waals surface area contributed by atoms with Crippen LogP contribution < -0.4 is 0 Å². The van der Waals surface area contributed by atoms with Crippen molar-refractivity contribution < 1.29 is 37.5 Å². The Balaban J connectivity index is 1.99. The Bertz CT molecular complexity index is 1100. The minimum absolute atomic E-state index is 0.115. The van der Waals surface area contributed by atoms with Gasteiger partial charge in [-0.05, 0) is 50.6 Å². The van der Waals surface area contributed by atoms with E-state index in [1.165, 1.54) is 25.1 Å². The lowest BCUT2D eigenvalue weighted by Crippen LogP contribution is -2.42. The highest BCUT2D eigenvalue weighted by molar-refractivity contribution is 6.20. The second-order valence-electron chi connectivity index (χ2n) is 8.12. The standard InChI is InChI=1S/C24H23F3N2O5/c1-13(2)8-21(31)28(11-14(3)30)20(15-9-18(25)22(27)19(26)10-15)12-34-29-23(32)16-6-4-5-7-17(16)24(29)33/h4-10,14,20,30H,11-12H2,1-3H3. The molecule has 2 unspecified atom stereocenters. The maximum absolute atomic E-state index is 14.0. The van der Waals surface area contributed by atoms with Crippen molar-refractivity contribution in [3.8, 4) is 0 Å². The summed E-state index contributed by atoms with van der Waals surface area (Å²) in [6.07, 6.45) is 0.194. The van der Waals surface area contributed by atoms with E-state index in [0.29, 0.717) is 22.8 Å². The number of fused-ring (bicyclic) bond motifs is 1. The molecule has 3 amide bonds. The molecule has 0 aliphatic carbocycles. The van der Waals surface area contributed by atoms with E-state index in [4.69, 9.17) is 4.84 Å². The quantitative estimate of drug-likeness (QED) is 0.358. The molecule has 2 aromatic carbocycles. The monoisotopic (exact) mass is 476 g/mol. The normalized spacial score (nSPS) is 14.6. The zero-order valence-corrected chi connectivity index (χ0v) is 18.7. The largest absolute Gasteiger partial charge is 0.392 e. The number of rotatable bonds is 8. The van der Waals surface area contributed by atoms with E-state index < -0.39 is 53.9 Å². The summed E-state index contributed by atoms with van der Waals surface area (Å²) in [5, 5.41) is 10.5. The molecule has 1 aliphatic rings.